The summed E-state index contributed by atoms with van der Waals surface area (Å²) in [7, 11) is 0. The fourth-order valence-electron chi connectivity index (χ4n) is 2.11. The molecule has 0 aliphatic carbocycles. The second-order valence-corrected chi connectivity index (χ2v) is 4.38. The minimum Gasteiger partial charge on any atom is -0.335 e. The van der Waals surface area contributed by atoms with Crippen LogP contribution in [0, 0.1) is 6.92 Å². The molecular formula is C11H19N5O. The van der Waals surface area contributed by atoms with E-state index in [9.17, 15) is 4.79 Å². The van der Waals surface area contributed by atoms with Crippen LogP contribution in [0.5, 0.6) is 0 Å². The normalized spacial score (nSPS) is 19.5. The number of nitrogens with zero attached hydrogens (tertiary/aromatic N) is 3. The SMILES string of the molecule is CCN(CC1CCCN1)C(=O)c1n[nH]c(C)n1. The van der Waals surface area contributed by atoms with Crippen LogP contribution in [0.15, 0.2) is 0 Å². The van der Waals surface area contributed by atoms with E-state index < -0.39 is 0 Å². The second kappa shape index (κ2) is 5.27. The molecule has 1 aliphatic rings. The number of H-pyrrole nitrogens is 1. The van der Waals surface area contributed by atoms with E-state index in [-0.39, 0.29) is 11.7 Å². The number of aryl methyl sites for hydroxylation is 1. The number of aromatic amines is 1. The van der Waals surface area contributed by atoms with Crippen LogP contribution in [-0.4, -0.2) is 51.7 Å². The zero-order chi connectivity index (χ0) is 12.3. The van der Waals surface area contributed by atoms with Crippen LogP contribution in [0.4, 0.5) is 0 Å². The van der Waals surface area contributed by atoms with Crippen molar-refractivity contribution in [3.63, 3.8) is 0 Å². The topological polar surface area (TPSA) is 73.9 Å². The Morgan fingerprint density at radius 3 is 2.94 bits per heavy atom. The van der Waals surface area contributed by atoms with Crippen LogP contribution >= 0.6 is 0 Å². The molecule has 0 spiro atoms. The number of carbonyl (C=O) groups excluding carboxylic acids is 1. The first-order valence-electron chi connectivity index (χ1n) is 6.12. The zero-order valence-electron chi connectivity index (χ0n) is 10.4. The summed E-state index contributed by atoms with van der Waals surface area (Å²) >= 11 is 0. The number of aromatic nitrogens is 3. The molecule has 2 N–H and O–H groups in total. The first-order chi connectivity index (χ1) is 8.20. The van der Waals surface area contributed by atoms with E-state index in [0.717, 1.165) is 19.5 Å². The number of hydrogen-bond acceptors (Lipinski definition) is 4. The molecule has 1 unspecified atom stereocenters. The summed E-state index contributed by atoms with van der Waals surface area (Å²) < 4.78 is 0. The van der Waals surface area contributed by atoms with Gasteiger partial charge in [0.2, 0.25) is 5.82 Å². The number of likely N-dealkylation sites (N-methyl/N-ethyl adjacent to an activating group) is 1. The minimum absolute atomic E-state index is 0.0921. The van der Waals surface area contributed by atoms with Crippen molar-refractivity contribution in [2.45, 2.75) is 32.7 Å². The van der Waals surface area contributed by atoms with E-state index in [1.54, 1.807) is 11.8 Å². The molecule has 0 aromatic carbocycles. The Bertz CT molecular complexity index is 383. The zero-order valence-corrected chi connectivity index (χ0v) is 10.4. The van der Waals surface area contributed by atoms with Crippen molar-refractivity contribution >= 4 is 5.91 Å². The van der Waals surface area contributed by atoms with Crippen LogP contribution in [0.25, 0.3) is 0 Å². The summed E-state index contributed by atoms with van der Waals surface area (Å²) in [5.41, 5.74) is 0. The third-order valence-corrected chi connectivity index (χ3v) is 3.06. The number of nitrogens with one attached hydrogen (secondary N) is 2. The molecule has 6 nitrogen and oxygen atoms in total. The molecule has 0 saturated carbocycles. The van der Waals surface area contributed by atoms with Gasteiger partial charge in [-0.05, 0) is 33.2 Å². The van der Waals surface area contributed by atoms with E-state index in [2.05, 4.69) is 20.5 Å². The summed E-state index contributed by atoms with van der Waals surface area (Å²) in [6.45, 7) is 6.24. The Morgan fingerprint density at radius 1 is 1.59 bits per heavy atom. The lowest BCUT2D eigenvalue weighted by Gasteiger charge is -2.23. The molecule has 1 aliphatic heterocycles. The van der Waals surface area contributed by atoms with Gasteiger partial charge in [0.1, 0.15) is 5.82 Å². The van der Waals surface area contributed by atoms with E-state index in [1.165, 1.54) is 6.42 Å². The highest BCUT2D eigenvalue weighted by atomic mass is 16.2. The predicted octanol–water partition coefficient (Wildman–Crippen LogP) is 0.327. The molecule has 94 valence electrons. The Labute approximate surface area is 101 Å². The third kappa shape index (κ3) is 2.82. The fraction of sp³-hybridized carbons (Fsp3) is 0.727. The van der Waals surface area contributed by atoms with Crippen molar-refractivity contribution in [3.8, 4) is 0 Å². The molecule has 17 heavy (non-hydrogen) atoms. The molecule has 1 aromatic heterocycles. The Balaban J connectivity index is 1.99. The number of amides is 1. The van der Waals surface area contributed by atoms with Gasteiger partial charge in [-0.15, -0.1) is 5.10 Å². The first-order valence-corrected chi connectivity index (χ1v) is 6.12. The molecule has 1 atom stereocenters. The second-order valence-electron chi connectivity index (χ2n) is 4.38. The standard InChI is InChI=1S/C11H19N5O/c1-3-16(7-9-5-4-6-12-9)11(17)10-13-8(2)14-15-10/h9,12H,3-7H2,1-2H3,(H,13,14,15). The van der Waals surface area contributed by atoms with Gasteiger partial charge >= 0.3 is 0 Å². The van der Waals surface area contributed by atoms with Crippen molar-refractivity contribution in [1.82, 2.24) is 25.4 Å². The molecule has 2 heterocycles. The van der Waals surface area contributed by atoms with Gasteiger partial charge < -0.3 is 10.2 Å². The summed E-state index contributed by atoms with van der Waals surface area (Å²) in [6, 6.07) is 0.416. The van der Waals surface area contributed by atoms with E-state index in [0.29, 0.717) is 18.4 Å². The molecular weight excluding hydrogens is 218 g/mol. The van der Waals surface area contributed by atoms with Crippen molar-refractivity contribution < 1.29 is 4.79 Å². The first kappa shape index (κ1) is 12.0. The molecule has 1 fully saturated rings. The highest BCUT2D eigenvalue weighted by molar-refractivity contribution is 5.90. The minimum atomic E-state index is -0.0921. The molecule has 1 saturated heterocycles. The van der Waals surface area contributed by atoms with E-state index >= 15 is 0 Å². The van der Waals surface area contributed by atoms with E-state index in [4.69, 9.17) is 0 Å². The number of hydrogen-bond donors (Lipinski definition) is 2. The monoisotopic (exact) mass is 237 g/mol. The highest BCUT2D eigenvalue weighted by Gasteiger charge is 2.23. The summed E-state index contributed by atoms with van der Waals surface area (Å²) in [6.07, 6.45) is 2.33. The average molecular weight is 237 g/mol. The van der Waals surface area contributed by atoms with Gasteiger partial charge in [0.15, 0.2) is 0 Å². The van der Waals surface area contributed by atoms with Gasteiger partial charge in [0, 0.05) is 19.1 Å². The van der Waals surface area contributed by atoms with Crippen LogP contribution in [0.3, 0.4) is 0 Å². The van der Waals surface area contributed by atoms with E-state index in [1.807, 2.05) is 6.92 Å². The maximum absolute atomic E-state index is 12.1. The molecule has 1 amide bonds. The van der Waals surface area contributed by atoms with Gasteiger partial charge in [-0.3, -0.25) is 9.89 Å². The largest absolute Gasteiger partial charge is 0.335 e. The van der Waals surface area contributed by atoms with Gasteiger partial charge in [0.05, 0.1) is 0 Å². The van der Waals surface area contributed by atoms with Crippen molar-refractivity contribution in [2.24, 2.45) is 0 Å². The Kier molecular flexibility index (Phi) is 3.73. The van der Waals surface area contributed by atoms with Gasteiger partial charge in [-0.2, -0.15) is 0 Å². The lowest BCUT2D eigenvalue weighted by molar-refractivity contribution is 0.0739. The highest BCUT2D eigenvalue weighted by Crippen LogP contribution is 2.08. The maximum atomic E-state index is 12.1. The van der Waals surface area contributed by atoms with Gasteiger partial charge in [-0.25, -0.2) is 4.98 Å². The summed E-state index contributed by atoms with van der Waals surface area (Å²) in [5.74, 6) is 0.844. The van der Waals surface area contributed by atoms with Gasteiger partial charge in [0.25, 0.3) is 5.91 Å². The Morgan fingerprint density at radius 2 is 2.41 bits per heavy atom. The smallest absolute Gasteiger partial charge is 0.293 e. The maximum Gasteiger partial charge on any atom is 0.293 e. The van der Waals surface area contributed by atoms with Gasteiger partial charge in [-0.1, -0.05) is 0 Å². The van der Waals surface area contributed by atoms with Crippen LogP contribution in [-0.2, 0) is 0 Å². The molecule has 2 rings (SSSR count). The Hall–Kier alpha value is -1.43. The lowest BCUT2D eigenvalue weighted by atomic mass is 10.2. The van der Waals surface area contributed by atoms with Crippen LogP contribution < -0.4 is 5.32 Å². The molecule has 0 bridgehead atoms. The summed E-state index contributed by atoms with van der Waals surface area (Å²) in [4.78, 5) is 18.0. The van der Waals surface area contributed by atoms with Crippen molar-refractivity contribution in [2.75, 3.05) is 19.6 Å². The number of carbonyl (C=O) groups is 1. The molecule has 6 heteroatoms. The third-order valence-electron chi connectivity index (χ3n) is 3.06. The predicted molar refractivity (Wildman–Crippen MR) is 63.7 cm³/mol. The average Bonchev–Trinajstić information content (AvgIpc) is 2.96. The van der Waals surface area contributed by atoms with Crippen LogP contribution in [0.1, 0.15) is 36.2 Å². The van der Waals surface area contributed by atoms with Crippen molar-refractivity contribution in [3.05, 3.63) is 11.6 Å². The lowest BCUT2D eigenvalue weighted by Crippen LogP contribution is -2.41. The van der Waals surface area contributed by atoms with Crippen LogP contribution in [0.2, 0.25) is 0 Å². The molecule has 1 aromatic rings. The molecule has 0 radical (unpaired) electrons. The summed E-state index contributed by atoms with van der Waals surface area (Å²) in [5, 5.41) is 10.00. The fourth-order valence-corrected chi connectivity index (χ4v) is 2.11. The number of rotatable bonds is 4. The van der Waals surface area contributed by atoms with Crippen molar-refractivity contribution in [1.29, 1.82) is 0 Å². The quantitative estimate of drug-likeness (QED) is 0.791.